The van der Waals surface area contributed by atoms with Crippen LogP contribution in [0.4, 0.5) is 15.2 Å². The van der Waals surface area contributed by atoms with Crippen molar-refractivity contribution in [2.45, 2.75) is 10.1 Å². The molecule has 0 aliphatic heterocycles. The van der Waals surface area contributed by atoms with Crippen LogP contribution in [-0.2, 0) is 5.75 Å². The van der Waals surface area contributed by atoms with Gasteiger partial charge < -0.3 is 5.32 Å². The number of para-hydroxylation sites is 1. The molecule has 0 saturated carbocycles. The van der Waals surface area contributed by atoms with E-state index in [1.807, 2.05) is 18.2 Å². The lowest BCUT2D eigenvalue weighted by Gasteiger charge is -2.01. The molecule has 4 nitrogen and oxygen atoms in total. The van der Waals surface area contributed by atoms with Crippen molar-refractivity contribution in [2.24, 2.45) is 0 Å². The molecule has 106 valence electrons. The predicted octanol–water partition coefficient (Wildman–Crippen LogP) is 4.11. The van der Waals surface area contributed by atoms with Gasteiger partial charge in [0.05, 0.1) is 11.4 Å². The fraction of sp³-hybridized carbons (Fsp3) is 0.0714. The van der Waals surface area contributed by atoms with Crippen LogP contribution in [0.15, 0.2) is 53.0 Å². The number of rotatable bonds is 5. The summed E-state index contributed by atoms with van der Waals surface area (Å²) in [6.07, 6.45) is 1.77. The molecule has 0 aliphatic carbocycles. The average Bonchev–Trinajstić information content (AvgIpc) is 2.96. The Bertz CT molecular complexity index is 718. The summed E-state index contributed by atoms with van der Waals surface area (Å²) in [6.45, 7) is 0. The average molecular weight is 318 g/mol. The highest BCUT2D eigenvalue weighted by molar-refractivity contribution is 8.00. The molecule has 21 heavy (non-hydrogen) atoms. The van der Waals surface area contributed by atoms with Gasteiger partial charge in [-0.25, -0.2) is 4.39 Å². The Morgan fingerprint density at radius 1 is 1.10 bits per heavy atom. The number of hydrogen-bond donors (Lipinski definition) is 1. The second kappa shape index (κ2) is 6.64. The Labute approximate surface area is 129 Å². The molecule has 0 aliphatic rings. The number of thioether (sulfide) groups is 1. The van der Waals surface area contributed by atoms with E-state index in [4.69, 9.17) is 0 Å². The number of halogens is 1. The summed E-state index contributed by atoms with van der Waals surface area (Å²) in [7, 11) is 0. The zero-order valence-electron chi connectivity index (χ0n) is 10.9. The molecule has 0 saturated heterocycles. The van der Waals surface area contributed by atoms with Crippen LogP contribution in [0, 0.1) is 5.82 Å². The molecule has 3 rings (SSSR count). The Kier molecular flexibility index (Phi) is 4.42. The van der Waals surface area contributed by atoms with E-state index in [1.165, 1.54) is 17.4 Å². The van der Waals surface area contributed by atoms with Crippen molar-refractivity contribution in [3.8, 4) is 0 Å². The third-order valence-corrected chi connectivity index (χ3v) is 4.60. The summed E-state index contributed by atoms with van der Waals surface area (Å²) >= 11 is 2.95. The van der Waals surface area contributed by atoms with E-state index < -0.39 is 0 Å². The minimum Gasteiger partial charge on any atom is -0.328 e. The lowest BCUT2D eigenvalue weighted by molar-refractivity contribution is 0.632. The molecule has 2 aromatic heterocycles. The molecule has 0 fully saturated rings. The molecule has 1 aromatic carbocycles. The summed E-state index contributed by atoms with van der Waals surface area (Å²) in [6, 6.07) is 12.3. The molecule has 0 bridgehead atoms. The predicted molar refractivity (Wildman–Crippen MR) is 83.4 cm³/mol. The third kappa shape index (κ3) is 3.77. The van der Waals surface area contributed by atoms with E-state index in [-0.39, 0.29) is 5.82 Å². The van der Waals surface area contributed by atoms with Gasteiger partial charge in [-0.15, -0.1) is 10.2 Å². The van der Waals surface area contributed by atoms with Crippen LogP contribution in [0.3, 0.4) is 0 Å². The first kappa shape index (κ1) is 14.0. The van der Waals surface area contributed by atoms with Crippen LogP contribution in [0.5, 0.6) is 0 Å². The maximum absolute atomic E-state index is 13.5. The number of nitrogens with one attached hydrogen (secondary N) is 1. The number of pyridine rings is 1. The van der Waals surface area contributed by atoms with Crippen LogP contribution >= 0.6 is 23.1 Å². The summed E-state index contributed by atoms with van der Waals surface area (Å²) in [5, 5.41) is 11.6. The van der Waals surface area contributed by atoms with Crippen molar-refractivity contribution < 1.29 is 4.39 Å². The van der Waals surface area contributed by atoms with Gasteiger partial charge in [0.2, 0.25) is 5.13 Å². The van der Waals surface area contributed by atoms with Crippen molar-refractivity contribution in [1.82, 2.24) is 15.2 Å². The Morgan fingerprint density at radius 3 is 2.76 bits per heavy atom. The molecule has 0 atom stereocenters. The SMILES string of the molecule is Fc1ccccc1Nc1nnc(SCc2ccccn2)s1. The van der Waals surface area contributed by atoms with Gasteiger partial charge in [0, 0.05) is 11.9 Å². The van der Waals surface area contributed by atoms with Crippen LogP contribution < -0.4 is 5.32 Å². The van der Waals surface area contributed by atoms with Crippen molar-refractivity contribution in [2.75, 3.05) is 5.32 Å². The highest BCUT2D eigenvalue weighted by Gasteiger charge is 2.07. The molecule has 3 aromatic rings. The van der Waals surface area contributed by atoms with Crippen molar-refractivity contribution in [3.63, 3.8) is 0 Å². The number of anilines is 2. The number of nitrogens with zero attached hydrogens (tertiary/aromatic N) is 3. The molecule has 2 heterocycles. The maximum Gasteiger partial charge on any atom is 0.210 e. The zero-order valence-corrected chi connectivity index (χ0v) is 12.5. The first-order valence-corrected chi connectivity index (χ1v) is 7.99. The summed E-state index contributed by atoms with van der Waals surface area (Å²) in [5.41, 5.74) is 1.39. The van der Waals surface area contributed by atoms with Gasteiger partial charge in [0.1, 0.15) is 5.82 Å². The molecule has 0 amide bonds. The molecular formula is C14H11FN4S2. The van der Waals surface area contributed by atoms with Gasteiger partial charge >= 0.3 is 0 Å². The summed E-state index contributed by atoms with van der Waals surface area (Å²) in [5.74, 6) is 0.421. The van der Waals surface area contributed by atoms with Gasteiger partial charge in [-0.1, -0.05) is 41.3 Å². The van der Waals surface area contributed by atoms with E-state index in [9.17, 15) is 4.39 Å². The highest BCUT2D eigenvalue weighted by Crippen LogP contribution is 2.29. The van der Waals surface area contributed by atoms with Gasteiger partial charge in [0.25, 0.3) is 0 Å². The van der Waals surface area contributed by atoms with E-state index in [2.05, 4.69) is 20.5 Å². The largest absolute Gasteiger partial charge is 0.328 e. The van der Waals surface area contributed by atoms with E-state index >= 15 is 0 Å². The fourth-order valence-corrected chi connectivity index (χ4v) is 3.30. The summed E-state index contributed by atoms with van der Waals surface area (Å²) in [4.78, 5) is 4.25. The minimum atomic E-state index is -0.310. The number of hydrogen-bond acceptors (Lipinski definition) is 6. The van der Waals surface area contributed by atoms with Crippen LogP contribution in [-0.4, -0.2) is 15.2 Å². The van der Waals surface area contributed by atoms with E-state index in [1.54, 1.807) is 36.2 Å². The fourth-order valence-electron chi connectivity index (χ4n) is 1.62. The summed E-state index contributed by atoms with van der Waals surface area (Å²) < 4.78 is 14.4. The molecule has 1 N–H and O–H groups in total. The van der Waals surface area contributed by atoms with Crippen molar-refractivity contribution in [3.05, 3.63) is 60.2 Å². The van der Waals surface area contributed by atoms with Crippen LogP contribution in [0.1, 0.15) is 5.69 Å². The number of benzene rings is 1. The van der Waals surface area contributed by atoms with Gasteiger partial charge in [-0.3, -0.25) is 4.98 Å². The third-order valence-electron chi connectivity index (χ3n) is 2.59. The molecule has 0 spiro atoms. The van der Waals surface area contributed by atoms with Crippen molar-refractivity contribution >= 4 is 33.9 Å². The monoisotopic (exact) mass is 318 g/mol. The Hall–Kier alpha value is -1.99. The maximum atomic E-state index is 13.5. The van der Waals surface area contributed by atoms with Gasteiger partial charge in [-0.2, -0.15) is 0 Å². The highest BCUT2D eigenvalue weighted by atomic mass is 32.2. The second-order valence-electron chi connectivity index (χ2n) is 4.09. The van der Waals surface area contributed by atoms with Crippen molar-refractivity contribution in [1.29, 1.82) is 0 Å². The smallest absolute Gasteiger partial charge is 0.210 e. The second-order valence-corrected chi connectivity index (χ2v) is 6.29. The Balaban J connectivity index is 1.63. The molecule has 7 heteroatoms. The quantitative estimate of drug-likeness (QED) is 0.718. The zero-order chi connectivity index (χ0) is 14.5. The first-order valence-electron chi connectivity index (χ1n) is 6.19. The lowest BCUT2D eigenvalue weighted by Crippen LogP contribution is -1.92. The first-order chi connectivity index (χ1) is 10.3. The van der Waals surface area contributed by atoms with E-state index in [0.717, 1.165) is 15.8 Å². The van der Waals surface area contributed by atoms with Gasteiger partial charge in [0.15, 0.2) is 4.34 Å². The minimum absolute atomic E-state index is 0.310. The topological polar surface area (TPSA) is 50.7 Å². The van der Waals surface area contributed by atoms with Crippen LogP contribution in [0.25, 0.3) is 0 Å². The lowest BCUT2D eigenvalue weighted by atomic mass is 10.3. The Morgan fingerprint density at radius 2 is 1.95 bits per heavy atom. The molecule has 0 unspecified atom stereocenters. The number of aromatic nitrogens is 3. The molecular weight excluding hydrogens is 307 g/mol. The van der Waals surface area contributed by atoms with Crippen LogP contribution in [0.2, 0.25) is 0 Å². The van der Waals surface area contributed by atoms with E-state index in [0.29, 0.717) is 10.8 Å². The standard InChI is InChI=1S/C14H11FN4S2/c15-11-6-1-2-7-12(11)17-13-18-19-14(21-13)20-9-10-5-3-4-8-16-10/h1-8H,9H2,(H,17,18). The molecule has 0 radical (unpaired) electrons. The van der Waals surface area contributed by atoms with Gasteiger partial charge in [-0.05, 0) is 24.3 Å². The normalized spacial score (nSPS) is 10.5.